The van der Waals surface area contributed by atoms with Crippen LogP contribution in [0.2, 0.25) is 5.02 Å². The zero-order valence-electron chi connectivity index (χ0n) is 16.3. The first-order valence-electron chi connectivity index (χ1n) is 10.2. The number of nitrogens with zero attached hydrogens (tertiary/aromatic N) is 1. The molecule has 2 fully saturated rings. The molecule has 0 spiro atoms. The van der Waals surface area contributed by atoms with Gasteiger partial charge in [-0.1, -0.05) is 11.6 Å². The van der Waals surface area contributed by atoms with E-state index in [4.69, 9.17) is 16.3 Å². The SMILES string of the molecule is O=C(NC1CC1)c1ccc(OC[C@H]2CCCN(C(=O)c3ccc(Cl)cc3)C2)cc1. The summed E-state index contributed by atoms with van der Waals surface area (Å²) < 4.78 is 5.94. The monoisotopic (exact) mass is 412 g/mol. The molecule has 0 radical (unpaired) electrons. The minimum absolute atomic E-state index is 0.0253. The highest BCUT2D eigenvalue weighted by molar-refractivity contribution is 6.30. The van der Waals surface area contributed by atoms with E-state index < -0.39 is 0 Å². The molecule has 152 valence electrons. The first-order valence-corrected chi connectivity index (χ1v) is 10.5. The molecule has 29 heavy (non-hydrogen) atoms. The topological polar surface area (TPSA) is 58.6 Å². The Kier molecular flexibility index (Phi) is 6.05. The van der Waals surface area contributed by atoms with Crippen LogP contribution in [-0.4, -0.2) is 42.5 Å². The zero-order chi connectivity index (χ0) is 20.2. The maximum absolute atomic E-state index is 12.7. The average molecular weight is 413 g/mol. The van der Waals surface area contributed by atoms with Crippen molar-refractivity contribution in [3.05, 3.63) is 64.7 Å². The van der Waals surface area contributed by atoms with E-state index in [1.807, 2.05) is 17.0 Å². The number of benzene rings is 2. The number of hydrogen-bond acceptors (Lipinski definition) is 3. The van der Waals surface area contributed by atoms with Crippen molar-refractivity contribution in [3.63, 3.8) is 0 Å². The number of piperidine rings is 1. The number of likely N-dealkylation sites (tertiary alicyclic amines) is 1. The van der Waals surface area contributed by atoms with Crippen LogP contribution in [0, 0.1) is 5.92 Å². The number of nitrogens with one attached hydrogen (secondary N) is 1. The molecule has 5 nitrogen and oxygen atoms in total. The number of halogens is 1. The van der Waals surface area contributed by atoms with Gasteiger partial charge in [0.2, 0.25) is 0 Å². The summed E-state index contributed by atoms with van der Waals surface area (Å²) in [4.78, 5) is 26.7. The highest BCUT2D eigenvalue weighted by Crippen LogP contribution is 2.22. The van der Waals surface area contributed by atoms with Gasteiger partial charge in [-0.2, -0.15) is 0 Å². The molecule has 0 aromatic heterocycles. The van der Waals surface area contributed by atoms with Crippen molar-refractivity contribution in [3.8, 4) is 5.75 Å². The lowest BCUT2D eigenvalue weighted by atomic mass is 9.98. The van der Waals surface area contributed by atoms with Gasteiger partial charge in [-0.25, -0.2) is 0 Å². The molecule has 1 heterocycles. The van der Waals surface area contributed by atoms with Crippen LogP contribution in [0.5, 0.6) is 5.75 Å². The van der Waals surface area contributed by atoms with Gasteiger partial charge in [-0.3, -0.25) is 9.59 Å². The standard InChI is InChI=1S/C23H25ClN2O3/c24-19-7-3-18(4-8-19)23(28)26-13-1-2-16(14-26)15-29-21-11-5-17(6-12-21)22(27)25-20-9-10-20/h3-8,11-12,16,20H,1-2,9-10,13-15H2,(H,25,27)/t16-/m0/s1. The smallest absolute Gasteiger partial charge is 0.253 e. The van der Waals surface area contributed by atoms with Gasteiger partial charge in [-0.05, 0) is 74.2 Å². The Morgan fingerprint density at radius 1 is 1.00 bits per heavy atom. The van der Waals surface area contributed by atoms with E-state index in [1.54, 1.807) is 36.4 Å². The molecule has 6 heteroatoms. The molecule has 1 N–H and O–H groups in total. The molecule has 1 atom stereocenters. The molecule has 2 amide bonds. The Balaban J connectivity index is 1.28. The van der Waals surface area contributed by atoms with Gasteiger partial charge in [0, 0.05) is 41.2 Å². The largest absolute Gasteiger partial charge is 0.493 e. The maximum Gasteiger partial charge on any atom is 0.253 e. The summed E-state index contributed by atoms with van der Waals surface area (Å²) in [6, 6.07) is 14.6. The molecule has 1 aliphatic heterocycles. The van der Waals surface area contributed by atoms with Crippen LogP contribution >= 0.6 is 11.6 Å². The van der Waals surface area contributed by atoms with Gasteiger partial charge in [0.1, 0.15) is 5.75 Å². The third-order valence-electron chi connectivity index (χ3n) is 5.41. The summed E-state index contributed by atoms with van der Waals surface area (Å²) in [6.07, 6.45) is 4.15. The Hall–Kier alpha value is -2.53. The first-order chi connectivity index (χ1) is 14.1. The van der Waals surface area contributed by atoms with Gasteiger partial charge in [0.15, 0.2) is 0 Å². The highest BCUT2D eigenvalue weighted by atomic mass is 35.5. The van der Waals surface area contributed by atoms with Crippen LogP contribution in [0.1, 0.15) is 46.4 Å². The Labute approximate surface area is 176 Å². The normalized spacial score (nSPS) is 18.9. The third-order valence-corrected chi connectivity index (χ3v) is 5.66. The molecule has 4 rings (SSSR count). The molecule has 0 bridgehead atoms. The van der Waals surface area contributed by atoms with Gasteiger partial charge in [0.05, 0.1) is 6.61 Å². The second-order valence-corrected chi connectivity index (χ2v) is 8.29. The molecule has 2 aromatic carbocycles. The lowest BCUT2D eigenvalue weighted by Crippen LogP contribution is -2.41. The molecule has 1 saturated carbocycles. The predicted molar refractivity (Wildman–Crippen MR) is 113 cm³/mol. The van der Waals surface area contributed by atoms with Crippen LogP contribution in [0.3, 0.4) is 0 Å². The van der Waals surface area contributed by atoms with Crippen molar-refractivity contribution < 1.29 is 14.3 Å². The fourth-order valence-corrected chi connectivity index (χ4v) is 3.70. The fourth-order valence-electron chi connectivity index (χ4n) is 3.57. The summed E-state index contributed by atoms with van der Waals surface area (Å²) in [5.41, 5.74) is 1.32. The third kappa shape index (κ3) is 5.30. The van der Waals surface area contributed by atoms with Gasteiger partial charge in [-0.15, -0.1) is 0 Å². The van der Waals surface area contributed by atoms with Crippen molar-refractivity contribution in [2.45, 2.75) is 31.7 Å². The Morgan fingerprint density at radius 2 is 1.69 bits per heavy atom. The van der Waals surface area contributed by atoms with Crippen LogP contribution in [-0.2, 0) is 0 Å². The molecule has 0 unspecified atom stereocenters. The number of amides is 2. The first kappa shape index (κ1) is 19.8. The van der Waals surface area contributed by atoms with Crippen LogP contribution in [0.4, 0.5) is 0 Å². The van der Waals surface area contributed by atoms with Crippen molar-refractivity contribution in [2.24, 2.45) is 5.92 Å². The van der Waals surface area contributed by atoms with Crippen molar-refractivity contribution in [1.82, 2.24) is 10.2 Å². The zero-order valence-corrected chi connectivity index (χ0v) is 17.0. The van der Waals surface area contributed by atoms with E-state index >= 15 is 0 Å². The van der Waals surface area contributed by atoms with Crippen molar-refractivity contribution in [2.75, 3.05) is 19.7 Å². The molecule has 1 aliphatic carbocycles. The van der Waals surface area contributed by atoms with Crippen LogP contribution in [0.15, 0.2) is 48.5 Å². The quantitative estimate of drug-likeness (QED) is 0.774. The van der Waals surface area contributed by atoms with Crippen LogP contribution in [0.25, 0.3) is 0 Å². The minimum atomic E-state index is -0.0253. The highest BCUT2D eigenvalue weighted by Gasteiger charge is 2.25. The number of hydrogen-bond donors (Lipinski definition) is 1. The summed E-state index contributed by atoms with van der Waals surface area (Å²) in [5, 5.41) is 3.61. The summed E-state index contributed by atoms with van der Waals surface area (Å²) in [5.74, 6) is 1.05. The van der Waals surface area contributed by atoms with E-state index in [-0.39, 0.29) is 17.7 Å². The van der Waals surface area contributed by atoms with Gasteiger partial charge < -0.3 is 15.0 Å². The number of carbonyl (C=O) groups excluding carboxylic acids is 2. The lowest BCUT2D eigenvalue weighted by molar-refractivity contribution is 0.0633. The van der Waals surface area contributed by atoms with Gasteiger partial charge in [0.25, 0.3) is 11.8 Å². The van der Waals surface area contributed by atoms with E-state index in [2.05, 4.69) is 5.32 Å². The van der Waals surface area contributed by atoms with Gasteiger partial charge >= 0.3 is 0 Å². The number of rotatable bonds is 6. The fraction of sp³-hybridized carbons (Fsp3) is 0.391. The Bertz CT molecular complexity index is 863. The van der Waals surface area contributed by atoms with E-state index in [9.17, 15) is 9.59 Å². The van der Waals surface area contributed by atoms with E-state index in [0.717, 1.165) is 38.0 Å². The number of carbonyl (C=O) groups is 2. The Morgan fingerprint density at radius 3 is 2.38 bits per heavy atom. The van der Waals surface area contributed by atoms with Crippen molar-refractivity contribution >= 4 is 23.4 Å². The van der Waals surface area contributed by atoms with E-state index in [1.165, 1.54) is 0 Å². The predicted octanol–water partition coefficient (Wildman–Crippen LogP) is 4.16. The lowest BCUT2D eigenvalue weighted by Gasteiger charge is -2.32. The molecule has 1 saturated heterocycles. The minimum Gasteiger partial charge on any atom is -0.493 e. The molecule has 2 aromatic rings. The van der Waals surface area contributed by atoms with Crippen LogP contribution < -0.4 is 10.1 Å². The molecule has 2 aliphatic rings. The molecular weight excluding hydrogens is 388 g/mol. The van der Waals surface area contributed by atoms with E-state index in [0.29, 0.717) is 35.3 Å². The van der Waals surface area contributed by atoms with Crippen molar-refractivity contribution in [1.29, 1.82) is 0 Å². The number of ether oxygens (including phenoxy) is 1. The second-order valence-electron chi connectivity index (χ2n) is 7.85. The summed E-state index contributed by atoms with van der Waals surface area (Å²) in [7, 11) is 0. The second kappa shape index (κ2) is 8.87. The molecular formula is C23H25ClN2O3. The summed E-state index contributed by atoms with van der Waals surface area (Å²) >= 11 is 5.91. The maximum atomic E-state index is 12.7. The summed E-state index contributed by atoms with van der Waals surface area (Å²) in [6.45, 7) is 2.00. The average Bonchev–Trinajstić information content (AvgIpc) is 3.57.